The number of rotatable bonds is 7. The molecule has 2 rings (SSSR count). The molecule has 1 aliphatic rings. The number of benzene rings is 1. The molecule has 1 aromatic rings. The lowest BCUT2D eigenvalue weighted by atomic mass is 10.1. The van der Waals surface area contributed by atoms with Crippen molar-refractivity contribution in [2.75, 3.05) is 47.1 Å². The van der Waals surface area contributed by atoms with Crippen LogP contribution in [0.15, 0.2) is 29.3 Å². The summed E-state index contributed by atoms with van der Waals surface area (Å²) in [7, 11) is 7.72. The highest BCUT2D eigenvalue weighted by Gasteiger charge is 2.29. The molecule has 0 aromatic heterocycles. The van der Waals surface area contributed by atoms with Crippen molar-refractivity contribution in [3.05, 3.63) is 29.8 Å². The molecule has 1 saturated heterocycles. The highest BCUT2D eigenvalue weighted by atomic mass is 127. The molecule has 0 radical (unpaired) electrons. The van der Waals surface area contributed by atoms with Crippen LogP contribution in [0.25, 0.3) is 0 Å². The summed E-state index contributed by atoms with van der Waals surface area (Å²) < 4.78 is 5.69. The second-order valence-corrected chi connectivity index (χ2v) is 8.65. The van der Waals surface area contributed by atoms with Crippen molar-refractivity contribution in [1.29, 1.82) is 0 Å². The zero-order chi connectivity index (χ0) is 18.3. The van der Waals surface area contributed by atoms with Gasteiger partial charge >= 0.3 is 0 Å². The van der Waals surface area contributed by atoms with Crippen LogP contribution < -0.4 is 15.4 Å². The number of ether oxygens (including phenoxy) is 1. The summed E-state index contributed by atoms with van der Waals surface area (Å²) in [5.74, 6) is 3.02. The van der Waals surface area contributed by atoms with Gasteiger partial charge in [-0.2, -0.15) is 11.8 Å². The van der Waals surface area contributed by atoms with Gasteiger partial charge in [0.15, 0.2) is 5.96 Å². The fourth-order valence-electron chi connectivity index (χ4n) is 3.11. The third-order valence-corrected chi connectivity index (χ3v) is 6.26. The Bertz CT molecular complexity index is 576. The van der Waals surface area contributed by atoms with Crippen molar-refractivity contribution in [2.45, 2.75) is 30.6 Å². The molecule has 2 atom stereocenters. The van der Waals surface area contributed by atoms with E-state index in [4.69, 9.17) is 4.74 Å². The standard InChI is InChI=1S/C19H32N4OS.HI/c1-19(10-7-11-25-19)14-22-18(20-2)21-13-17(23(3)4)15-8-6-9-16(12-15)24-5;/h6,8-9,12,17H,7,10-11,13-14H2,1-5H3,(H2,20,21,22);1H. The minimum Gasteiger partial charge on any atom is -0.497 e. The van der Waals surface area contributed by atoms with Crippen LogP contribution in [0.2, 0.25) is 0 Å². The molecule has 0 saturated carbocycles. The van der Waals surface area contributed by atoms with Crippen LogP contribution in [-0.4, -0.2) is 62.7 Å². The number of thioether (sulfide) groups is 1. The highest BCUT2D eigenvalue weighted by molar-refractivity contribution is 14.0. The van der Waals surface area contributed by atoms with E-state index in [2.05, 4.69) is 65.4 Å². The van der Waals surface area contributed by atoms with Gasteiger partial charge in [-0.15, -0.1) is 24.0 Å². The lowest BCUT2D eigenvalue weighted by molar-refractivity contribution is 0.297. The van der Waals surface area contributed by atoms with Crippen molar-refractivity contribution >= 4 is 41.7 Å². The van der Waals surface area contributed by atoms with Crippen LogP contribution in [0.5, 0.6) is 5.75 Å². The second kappa shape index (κ2) is 11.2. The molecule has 0 aliphatic carbocycles. The van der Waals surface area contributed by atoms with E-state index in [0.29, 0.717) is 4.75 Å². The largest absolute Gasteiger partial charge is 0.497 e. The van der Waals surface area contributed by atoms with Gasteiger partial charge in [0, 0.05) is 24.9 Å². The number of methoxy groups -OCH3 is 1. The Morgan fingerprint density at radius 3 is 2.73 bits per heavy atom. The van der Waals surface area contributed by atoms with Crippen molar-refractivity contribution in [3.63, 3.8) is 0 Å². The predicted molar refractivity (Wildman–Crippen MR) is 124 cm³/mol. The lowest BCUT2D eigenvalue weighted by Gasteiger charge is -2.28. The maximum atomic E-state index is 5.36. The number of aliphatic imine (C=N–C) groups is 1. The normalized spacial score (nSPS) is 21.2. The Morgan fingerprint density at radius 1 is 1.38 bits per heavy atom. The highest BCUT2D eigenvalue weighted by Crippen LogP contribution is 2.36. The molecule has 148 valence electrons. The van der Waals surface area contributed by atoms with E-state index in [0.717, 1.165) is 24.8 Å². The first-order valence-electron chi connectivity index (χ1n) is 8.86. The van der Waals surface area contributed by atoms with E-state index in [1.165, 1.54) is 24.2 Å². The Kier molecular flexibility index (Phi) is 10.1. The molecule has 1 fully saturated rings. The molecule has 0 amide bonds. The zero-order valence-electron chi connectivity index (χ0n) is 16.5. The quantitative estimate of drug-likeness (QED) is 0.347. The van der Waals surface area contributed by atoms with Gasteiger partial charge in [0.1, 0.15) is 5.75 Å². The molecular formula is C19H33IN4OS. The third-order valence-electron chi connectivity index (χ3n) is 4.72. The molecule has 1 heterocycles. The van der Waals surface area contributed by atoms with E-state index in [-0.39, 0.29) is 30.0 Å². The van der Waals surface area contributed by atoms with Crippen LogP contribution in [0.3, 0.4) is 0 Å². The van der Waals surface area contributed by atoms with Crippen LogP contribution in [0.1, 0.15) is 31.4 Å². The molecule has 0 bridgehead atoms. The van der Waals surface area contributed by atoms with E-state index in [9.17, 15) is 0 Å². The fraction of sp³-hybridized carbons (Fsp3) is 0.632. The maximum Gasteiger partial charge on any atom is 0.191 e. The Hall–Kier alpha value is -0.670. The molecule has 2 unspecified atom stereocenters. The molecule has 5 nitrogen and oxygen atoms in total. The van der Waals surface area contributed by atoms with Gasteiger partial charge < -0.3 is 20.3 Å². The van der Waals surface area contributed by atoms with Crippen molar-refractivity contribution in [2.24, 2.45) is 4.99 Å². The van der Waals surface area contributed by atoms with E-state index in [1.54, 1.807) is 7.11 Å². The first-order chi connectivity index (χ1) is 12.0. The minimum atomic E-state index is 0. The first-order valence-corrected chi connectivity index (χ1v) is 9.85. The Morgan fingerprint density at radius 2 is 2.15 bits per heavy atom. The van der Waals surface area contributed by atoms with Crippen molar-refractivity contribution < 1.29 is 4.74 Å². The number of halogens is 1. The summed E-state index contributed by atoms with van der Waals surface area (Å²) in [4.78, 5) is 6.59. The van der Waals surface area contributed by atoms with E-state index >= 15 is 0 Å². The lowest BCUT2D eigenvalue weighted by Crippen LogP contribution is -2.45. The van der Waals surface area contributed by atoms with Gasteiger partial charge in [-0.3, -0.25) is 4.99 Å². The molecule has 2 N–H and O–H groups in total. The van der Waals surface area contributed by atoms with Gasteiger partial charge in [0.2, 0.25) is 0 Å². The fourth-order valence-corrected chi connectivity index (χ4v) is 4.35. The monoisotopic (exact) mass is 492 g/mol. The Balaban J connectivity index is 0.00000338. The average Bonchev–Trinajstić information content (AvgIpc) is 3.04. The summed E-state index contributed by atoms with van der Waals surface area (Å²) in [5, 5.41) is 6.97. The maximum absolute atomic E-state index is 5.36. The number of nitrogens with zero attached hydrogens (tertiary/aromatic N) is 2. The summed E-state index contributed by atoms with van der Waals surface area (Å²) in [6.07, 6.45) is 2.58. The molecule has 0 spiro atoms. The molecule has 1 aromatic carbocycles. The van der Waals surface area contributed by atoms with Gasteiger partial charge in [-0.05, 0) is 57.3 Å². The third kappa shape index (κ3) is 6.81. The molecule has 26 heavy (non-hydrogen) atoms. The summed E-state index contributed by atoms with van der Waals surface area (Å²) >= 11 is 2.06. The Labute approximate surface area is 179 Å². The van der Waals surface area contributed by atoms with Crippen molar-refractivity contribution in [3.8, 4) is 5.75 Å². The van der Waals surface area contributed by atoms with Crippen molar-refractivity contribution in [1.82, 2.24) is 15.5 Å². The smallest absolute Gasteiger partial charge is 0.191 e. The van der Waals surface area contributed by atoms with Gasteiger partial charge in [-0.25, -0.2) is 0 Å². The predicted octanol–water partition coefficient (Wildman–Crippen LogP) is 3.37. The van der Waals surface area contributed by atoms with Crippen LogP contribution >= 0.6 is 35.7 Å². The number of likely N-dealkylation sites (N-methyl/N-ethyl adjacent to an activating group) is 1. The number of nitrogens with one attached hydrogen (secondary N) is 2. The van der Waals surface area contributed by atoms with Crippen LogP contribution in [0, 0.1) is 0 Å². The number of hydrogen-bond acceptors (Lipinski definition) is 4. The molecule has 1 aliphatic heterocycles. The SMILES string of the molecule is CN=C(NCC(c1cccc(OC)c1)N(C)C)NCC1(C)CCCS1.I. The summed E-state index contributed by atoms with van der Waals surface area (Å²) in [6, 6.07) is 8.49. The van der Waals surface area contributed by atoms with Gasteiger partial charge in [-0.1, -0.05) is 12.1 Å². The number of hydrogen-bond donors (Lipinski definition) is 2. The van der Waals surface area contributed by atoms with E-state index in [1.807, 2.05) is 19.2 Å². The molecule has 7 heteroatoms. The van der Waals surface area contributed by atoms with Gasteiger partial charge in [0.25, 0.3) is 0 Å². The zero-order valence-corrected chi connectivity index (χ0v) is 19.7. The average molecular weight is 492 g/mol. The molecular weight excluding hydrogens is 459 g/mol. The van der Waals surface area contributed by atoms with Crippen LogP contribution in [0.4, 0.5) is 0 Å². The van der Waals surface area contributed by atoms with Crippen LogP contribution in [-0.2, 0) is 0 Å². The first kappa shape index (κ1) is 23.4. The van der Waals surface area contributed by atoms with E-state index < -0.39 is 0 Å². The summed E-state index contributed by atoms with van der Waals surface area (Å²) in [6.45, 7) is 4.07. The minimum absolute atomic E-state index is 0. The number of guanidine groups is 1. The topological polar surface area (TPSA) is 48.9 Å². The van der Waals surface area contributed by atoms with Gasteiger partial charge in [0.05, 0.1) is 13.2 Å². The summed E-state index contributed by atoms with van der Waals surface area (Å²) in [5.41, 5.74) is 1.23. The second-order valence-electron chi connectivity index (χ2n) is 6.96.